The van der Waals surface area contributed by atoms with Crippen molar-refractivity contribution >= 4 is 11.6 Å². The number of piperidine rings is 1. The highest BCUT2D eigenvalue weighted by Crippen LogP contribution is 2.27. The van der Waals surface area contributed by atoms with Crippen molar-refractivity contribution in [3.8, 4) is 0 Å². The number of anilines is 1. The van der Waals surface area contributed by atoms with Gasteiger partial charge in [-0.15, -0.1) is 0 Å². The zero-order valence-corrected chi connectivity index (χ0v) is 12.2. The number of Topliss-reactive ketones (excluding diaryl/α,β-unsaturated/α-hetero) is 1. The Hall–Kier alpha value is -2.06. The second kappa shape index (κ2) is 5.62. The molecule has 22 heavy (non-hydrogen) atoms. The van der Waals surface area contributed by atoms with Crippen LogP contribution < -0.4 is 16.1 Å². The molecule has 1 aromatic rings. The van der Waals surface area contributed by atoms with Crippen LogP contribution >= 0.6 is 0 Å². The lowest BCUT2D eigenvalue weighted by molar-refractivity contribution is -0.0886. The molecule has 0 unspecified atom stereocenters. The maximum absolute atomic E-state index is 12.8. The fraction of sp³-hybridized carbons (Fsp3) is 0.615. The largest absolute Gasteiger partial charge is 0.455 e. The summed E-state index contributed by atoms with van der Waals surface area (Å²) in [6, 6.07) is 0. The molecular formula is C13H16F3N3O3. The summed E-state index contributed by atoms with van der Waals surface area (Å²) in [4.78, 5) is 37.3. The number of nitrogens with zero attached hydrogens (tertiary/aromatic N) is 3. The summed E-state index contributed by atoms with van der Waals surface area (Å²) in [5, 5.41) is 0. The minimum atomic E-state index is -5.17. The van der Waals surface area contributed by atoms with Crippen LogP contribution in [0.2, 0.25) is 0 Å². The first-order valence-corrected chi connectivity index (χ1v) is 6.82. The van der Waals surface area contributed by atoms with Gasteiger partial charge in [-0.3, -0.25) is 18.7 Å². The highest BCUT2D eigenvalue weighted by Gasteiger charge is 2.44. The molecule has 1 aliphatic heterocycles. The van der Waals surface area contributed by atoms with Crippen molar-refractivity contribution in [2.75, 3.05) is 18.0 Å². The lowest BCUT2D eigenvalue weighted by atomic mass is 10.1. The van der Waals surface area contributed by atoms with Gasteiger partial charge in [-0.1, -0.05) is 0 Å². The van der Waals surface area contributed by atoms with Gasteiger partial charge < -0.3 is 4.90 Å². The molecule has 0 N–H and O–H groups in total. The van der Waals surface area contributed by atoms with Crippen molar-refractivity contribution in [1.82, 2.24) is 9.13 Å². The number of rotatable bonds is 2. The Bertz CT molecular complexity index is 712. The number of carbonyl (C=O) groups is 1. The van der Waals surface area contributed by atoms with Crippen molar-refractivity contribution in [3.05, 3.63) is 26.4 Å². The van der Waals surface area contributed by atoms with Gasteiger partial charge in [0.1, 0.15) is 11.4 Å². The average Bonchev–Trinajstić information content (AvgIpc) is 2.48. The van der Waals surface area contributed by atoms with Gasteiger partial charge >= 0.3 is 11.9 Å². The van der Waals surface area contributed by atoms with Crippen molar-refractivity contribution in [1.29, 1.82) is 0 Å². The molecule has 0 radical (unpaired) electrons. The van der Waals surface area contributed by atoms with Crippen LogP contribution in [0.1, 0.15) is 29.6 Å². The number of halogens is 3. The first kappa shape index (κ1) is 16.3. The van der Waals surface area contributed by atoms with E-state index in [4.69, 9.17) is 0 Å². The van der Waals surface area contributed by atoms with E-state index >= 15 is 0 Å². The summed E-state index contributed by atoms with van der Waals surface area (Å²) in [6.45, 7) is 0.803. The molecule has 122 valence electrons. The van der Waals surface area contributed by atoms with E-state index < -0.39 is 28.8 Å². The van der Waals surface area contributed by atoms with Crippen LogP contribution in [0.3, 0.4) is 0 Å². The number of hydrogen-bond acceptors (Lipinski definition) is 4. The van der Waals surface area contributed by atoms with Crippen LogP contribution in [0.4, 0.5) is 19.0 Å². The zero-order valence-electron chi connectivity index (χ0n) is 12.2. The molecular weight excluding hydrogens is 303 g/mol. The predicted octanol–water partition coefficient (Wildman–Crippen LogP) is 0.819. The molecule has 6 nitrogen and oxygen atoms in total. The Morgan fingerprint density at radius 3 is 2.05 bits per heavy atom. The van der Waals surface area contributed by atoms with E-state index in [1.165, 1.54) is 11.9 Å². The number of ketones is 1. The number of hydrogen-bond donors (Lipinski definition) is 0. The van der Waals surface area contributed by atoms with Gasteiger partial charge in [0.25, 0.3) is 11.3 Å². The summed E-state index contributed by atoms with van der Waals surface area (Å²) < 4.78 is 39.9. The van der Waals surface area contributed by atoms with Gasteiger partial charge in [0.05, 0.1) is 0 Å². The monoisotopic (exact) mass is 319 g/mol. The standard InChI is InChI=1S/C13H16F3N3O3/c1-17-10(19-6-4-3-5-7-19)8(9(20)13(14,15)16)11(21)18(2)12(17)22/h3-7H2,1-2H3. The second-order valence-electron chi connectivity index (χ2n) is 5.28. The fourth-order valence-corrected chi connectivity index (χ4v) is 2.65. The molecule has 1 saturated heterocycles. The lowest BCUT2D eigenvalue weighted by Gasteiger charge is -2.31. The Labute approximate surface area is 123 Å². The Morgan fingerprint density at radius 1 is 1.00 bits per heavy atom. The molecule has 0 aliphatic carbocycles. The van der Waals surface area contributed by atoms with E-state index in [1.807, 2.05) is 0 Å². The van der Waals surface area contributed by atoms with E-state index in [-0.39, 0.29) is 5.82 Å². The van der Waals surface area contributed by atoms with Crippen LogP contribution in [-0.2, 0) is 14.1 Å². The van der Waals surface area contributed by atoms with Crippen molar-refractivity contribution in [3.63, 3.8) is 0 Å². The topological polar surface area (TPSA) is 64.3 Å². The molecule has 1 aliphatic rings. The summed E-state index contributed by atoms with van der Waals surface area (Å²) in [5.74, 6) is -2.46. The molecule has 0 aromatic carbocycles. The first-order valence-electron chi connectivity index (χ1n) is 6.82. The molecule has 1 fully saturated rings. The molecule has 2 rings (SSSR count). The predicted molar refractivity (Wildman–Crippen MR) is 73.4 cm³/mol. The highest BCUT2D eigenvalue weighted by atomic mass is 19.4. The Morgan fingerprint density at radius 2 is 1.55 bits per heavy atom. The summed E-state index contributed by atoms with van der Waals surface area (Å²) >= 11 is 0. The lowest BCUT2D eigenvalue weighted by Crippen LogP contribution is -2.47. The van der Waals surface area contributed by atoms with Crippen molar-refractivity contribution < 1.29 is 18.0 Å². The Balaban J connectivity index is 2.77. The summed E-state index contributed by atoms with van der Waals surface area (Å²) in [6.07, 6.45) is -2.81. The first-order chi connectivity index (χ1) is 10.2. The minimum absolute atomic E-state index is 0.241. The van der Waals surface area contributed by atoms with Crippen LogP contribution in [0.5, 0.6) is 0 Å². The van der Waals surface area contributed by atoms with Gasteiger partial charge in [-0.05, 0) is 19.3 Å². The maximum atomic E-state index is 12.8. The molecule has 0 bridgehead atoms. The van der Waals surface area contributed by atoms with Crippen molar-refractivity contribution in [2.45, 2.75) is 25.4 Å². The van der Waals surface area contributed by atoms with Gasteiger partial charge in [-0.25, -0.2) is 4.79 Å². The third-order valence-electron chi connectivity index (χ3n) is 3.77. The maximum Gasteiger partial charge on any atom is 0.455 e. The normalized spacial score (nSPS) is 16.0. The summed E-state index contributed by atoms with van der Waals surface area (Å²) in [7, 11) is 2.32. The molecule has 0 saturated carbocycles. The van der Waals surface area contributed by atoms with E-state index in [2.05, 4.69) is 0 Å². The van der Waals surface area contributed by atoms with Crippen LogP contribution in [0, 0.1) is 0 Å². The third kappa shape index (κ3) is 2.67. The molecule has 0 amide bonds. The number of aromatic nitrogens is 2. The van der Waals surface area contributed by atoms with Crippen LogP contribution in [0.15, 0.2) is 9.59 Å². The fourth-order valence-electron chi connectivity index (χ4n) is 2.65. The van der Waals surface area contributed by atoms with Gasteiger partial charge in [0, 0.05) is 27.2 Å². The summed E-state index contributed by atoms with van der Waals surface area (Å²) in [5.41, 5.74) is -2.96. The van der Waals surface area contributed by atoms with E-state index in [1.54, 1.807) is 0 Å². The van der Waals surface area contributed by atoms with Gasteiger partial charge in [0.15, 0.2) is 0 Å². The van der Waals surface area contributed by atoms with E-state index in [0.717, 1.165) is 30.9 Å². The van der Waals surface area contributed by atoms with E-state index in [0.29, 0.717) is 17.7 Å². The van der Waals surface area contributed by atoms with E-state index in [9.17, 15) is 27.6 Å². The molecule has 0 spiro atoms. The van der Waals surface area contributed by atoms with Gasteiger partial charge in [0.2, 0.25) is 0 Å². The zero-order chi connectivity index (χ0) is 16.7. The molecule has 9 heteroatoms. The van der Waals surface area contributed by atoms with Crippen molar-refractivity contribution in [2.24, 2.45) is 14.1 Å². The average molecular weight is 319 g/mol. The number of carbonyl (C=O) groups excluding carboxylic acids is 1. The van der Waals surface area contributed by atoms with Gasteiger partial charge in [-0.2, -0.15) is 13.2 Å². The van der Waals surface area contributed by atoms with Crippen LogP contribution in [0.25, 0.3) is 0 Å². The van der Waals surface area contributed by atoms with Crippen LogP contribution in [-0.4, -0.2) is 34.2 Å². The molecule has 2 heterocycles. The number of alkyl halides is 3. The minimum Gasteiger partial charge on any atom is -0.357 e. The quantitative estimate of drug-likeness (QED) is 0.757. The SMILES string of the molecule is Cn1c(N2CCCCC2)c(C(=O)C(F)(F)F)c(=O)n(C)c1=O. The molecule has 0 atom stereocenters. The Kier molecular flexibility index (Phi) is 4.17. The second-order valence-corrected chi connectivity index (χ2v) is 5.28. The third-order valence-corrected chi connectivity index (χ3v) is 3.77. The highest BCUT2D eigenvalue weighted by molar-refractivity contribution is 6.04. The molecule has 1 aromatic heterocycles. The smallest absolute Gasteiger partial charge is 0.357 e.